The zero-order valence-corrected chi connectivity index (χ0v) is 9.79. The highest BCUT2D eigenvalue weighted by atomic mass is 16.7. The Bertz CT molecular complexity index is 186. The van der Waals surface area contributed by atoms with Crippen molar-refractivity contribution in [1.29, 1.82) is 0 Å². The van der Waals surface area contributed by atoms with E-state index in [1.165, 1.54) is 0 Å². The van der Waals surface area contributed by atoms with Crippen molar-refractivity contribution in [2.45, 2.75) is 44.1 Å². The lowest BCUT2D eigenvalue weighted by Crippen LogP contribution is -2.36. The molecule has 0 spiro atoms. The molecule has 0 bridgehead atoms. The fraction of sp³-hybridized carbons (Fsp3) is 1.00. The van der Waals surface area contributed by atoms with E-state index in [4.69, 9.17) is 29.2 Å². The van der Waals surface area contributed by atoms with Gasteiger partial charge in [0.15, 0.2) is 12.6 Å². The maximum absolute atomic E-state index is 9.17. The zero-order chi connectivity index (χ0) is 12.1. The molecular weight excluding hydrogens is 228 g/mol. The number of aliphatic hydroxyl groups excluding tert-OH is 2. The van der Waals surface area contributed by atoms with Gasteiger partial charge in [-0.1, -0.05) is 0 Å². The first-order valence-corrected chi connectivity index (χ1v) is 6.06. The Balaban J connectivity index is 1.54. The minimum atomic E-state index is -0.502. The Labute approximate surface area is 100 Å². The third kappa shape index (κ3) is 4.50. The average molecular weight is 248 g/mol. The summed E-state index contributed by atoms with van der Waals surface area (Å²) in [5.74, 6) is 0. The maximum Gasteiger partial charge on any atom is 0.157 e. The molecule has 2 N–H and O–H groups in total. The van der Waals surface area contributed by atoms with E-state index in [9.17, 15) is 0 Å². The van der Waals surface area contributed by atoms with Gasteiger partial charge in [0, 0.05) is 0 Å². The van der Waals surface area contributed by atoms with E-state index >= 15 is 0 Å². The minimum Gasteiger partial charge on any atom is -0.388 e. The molecule has 0 saturated carbocycles. The summed E-state index contributed by atoms with van der Waals surface area (Å²) in [4.78, 5) is 0. The average Bonchev–Trinajstić information content (AvgIpc) is 2.34. The number of ether oxygens (including phenoxy) is 4. The highest BCUT2D eigenvalue weighted by molar-refractivity contribution is 4.63. The summed E-state index contributed by atoms with van der Waals surface area (Å²) in [6.07, 6.45) is 0.925. The lowest BCUT2D eigenvalue weighted by atomic mass is 10.2. The summed E-state index contributed by atoms with van der Waals surface area (Å²) in [5.41, 5.74) is 0. The molecule has 100 valence electrons. The molecule has 0 radical (unpaired) electrons. The van der Waals surface area contributed by atoms with Crippen LogP contribution in [-0.2, 0) is 18.9 Å². The van der Waals surface area contributed by atoms with Gasteiger partial charge in [-0.05, 0) is 19.3 Å². The summed E-state index contributed by atoms with van der Waals surface area (Å²) in [5, 5.41) is 18.3. The predicted octanol–water partition coefficient (Wildman–Crippen LogP) is -0.376. The van der Waals surface area contributed by atoms with Crippen LogP contribution < -0.4 is 0 Å². The van der Waals surface area contributed by atoms with Crippen LogP contribution in [0.4, 0.5) is 0 Å². The molecule has 0 aromatic carbocycles. The van der Waals surface area contributed by atoms with Gasteiger partial charge in [0.05, 0.1) is 26.4 Å². The van der Waals surface area contributed by atoms with Crippen molar-refractivity contribution in [2.75, 3.05) is 26.4 Å². The lowest BCUT2D eigenvalue weighted by molar-refractivity contribution is -0.229. The first-order valence-electron chi connectivity index (χ1n) is 6.06. The summed E-state index contributed by atoms with van der Waals surface area (Å²) in [6, 6.07) is 0. The van der Waals surface area contributed by atoms with Crippen molar-refractivity contribution in [2.24, 2.45) is 0 Å². The largest absolute Gasteiger partial charge is 0.388 e. The van der Waals surface area contributed by atoms with Crippen molar-refractivity contribution < 1.29 is 29.2 Å². The van der Waals surface area contributed by atoms with Crippen LogP contribution in [0, 0.1) is 0 Å². The zero-order valence-electron chi connectivity index (χ0n) is 9.79. The standard InChI is InChI=1S/C11H20O6/c12-8-4-14-10(15-5-8)2-1-3-11-16-6-9(13)7-17-11/h8-13H,1-7H2. The van der Waals surface area contributed by atoms with Gasteiger partial charge in [-0.25, -0.2) is 0 Å². The van der Waals surface area contributed by atoms with E-state index in [0.29, 0.717) is 26.4 Å². The highest BCUT2D eigenvalue weighted by Gasteiger charge is 2.22. The van der Waals surface area contributed by atoms with Gasteiger partial charge in [-0.3, -0.25) is 0 Å². The van der Waals surface area contributed by atoms with Crippen LogP contribution in [0.5, 0.6) is 0 Å². The van der Waals surface area contributed by atoms with Crippen molar-refractivity contribution in [3.8, 4) is 0 Å². The number of rotatable bonds is 4. The van der Waals surface area contributed by atoms with Gasteiger partial charge < -0.3 is 29.2 Å². The van der Waals surface area contributed by atoms with Crippen LogP contribution >= 0.6 is 0 Å². The third-order valence-corrected chi connectivity index (χ3v) is 2.78. The molecule has 2 aliphatic heterocycles. The van der Waals surface area contributed by atoms with Crippen LogP contribution in [0.15, 0.2) is 0 Å². The van der Waals surface area contributed by atoms with Gasteiger partial charge in [0.1, 0.15) is 12.2 Å². The summed E-state index contributed by atoms with van der Waals surface area (Å²) >= 11 is 0. The second kappa shape index (κ2) is 6.63. The lowest BCUT2D eigenvalue weighted by Gasteiger charge is -2.28. The molecule has 0 unspecified atom stereocenters. The van der Waals surface area contributed by atoms with Gasteiger partial charge in [0.2, 0.25) is 0 Å². The van der Waals surface area contributed by atoms with Crippen LogP contribution in [0.3, 0.4) is 0 Å². The molecule has 2 aliphatic rings. The molecule has 0 aromatic heterocycles. The van der Waals surface area contributed by atoms with E-state index in [0.717, 1.165) is 19.3 Å². The molecular formula is C11H20O6. The normalized spacial score (nSPS) is 39.2. The van der Waals surface area contributed by atoms with Gasteiger partial charge in [-0.15, -0.1) is 0 Å². The third-order valence-electron chi connectivity index (χ3n) is 2.78. The quantitative estimate of drug-likeness (QED) is 0.706. The minimum absolute atomic E-state index is 0.229. The van der Waals surface area contributed by atoms with Crippen molar-refractivity contribution >= 4 is 0 Å². The van der Waals surface area contributed by atoms with Gasteiger partial charge in [-0.2, -0.15) is 0 Å². The predicted molar refractivity (Wildman–Crippen MR) is 57.2 cm³/mol. The van der Waals surface area contributed by atoms with Crippen LogP contribution in [0.1, 0.15) is 19.3 Å². The topological polar surface area (TPSA) is 77.4 Å². The highest BCUT2D eigenvalue weighted by Crippen LogP contribution is 2.16. The monoisotopic (exact) mass is 248 g/mol. The van der Waals surface area contributed by atoms with Gasteiger partial charge >= 0.3 is 0 Å². The molecule has 0 aromatic rings. The molecule has 6 heteroatoms. The maximum atomic E-state index is 9.17. The Morgan fingerprint density at radius 3 is 1.41 bits per heavy atom. The Morgan fingerprint density at radius 1 is 0.706 bits per heavy atom. The van der Waals surface area contributed by atoms with Gasteiger partial charge in [0.25, 0.3) is 0 Å². The molecule has 0 aliphatic carbocycles. The first kappa shape index (κ1) is 13.2. The molecule has 0 amide bonds. The smallest absolute Gasteiger partial charge is 0.157 e. The summed E-state index contributed by atoms with van der Waals surface area (Å²) in [7, 11) is 0. The SMILES string of the molecule is OC1COC(CCCC2OCC(O)CO2)OC1. The molecule has 2 heterocycles. The fourth-order valence-electron chi connectivity index (χ4n) is 1.85. The van der Waals surface area contributed by atoms with E-state index < -0.39 is 12.2 Å². The fourth-order valence-corrected chi connectivity index (χ4v) is 1.85. The van der Waals surface area contributed by atoms with Crippen molar-refractivity contribution in [3.05, 3.63) is 0 Å². The second-order valence-corrected chi connectivity index (χ2v) is 4.43. The van der Waals surface area contributed by atoms with Crippen LogP contribution in [0.2, 0.25) is 0 Å². The Morgan fingerprint density at radius 2 is 1.06 bits per heavy atom. The van der Waals surface area contributed by atoms with Crippen LogP contribution in [-0.4, -0.2) is 61.4 Å². The molecule has 0 atom stereocenters. The van der Waals surface area contributed by atoms with E-state index in [1.54, 1.807) is 0 Å². The molecule has 6 nitrogen and oxygen atoms in total. The molecule has 17 heavy (non-hydrogen) atoms. The molecule has 2 fully saturated rings. The van der Waals surface area contributed by atoms with E-state index in [2.05, 4.69) is 0 Å². The second-order valence-electron chi connectivity index (χ2n) is 4.43. The van der Waals surface area contributed by atoms with Crippen molar-refractivity contribution in [1.82, 2.24) is 0 Å². The van der Waals surface area contributed by atoms with E-state index in [1.807, 2.05) is 0 Å². The van der Waals surface area contributed by atoms with Crippen molar-refractivity contribution in [3.63, 3.8) is 0 Å². The van der Waals surface area contributed by atoms with Crippen LogP contribution in [0.25, 0.3) is 0 Å². The Hall–Kier alpha value is -0.240. The molecule has 2 saturated heterocycles. The number of aliphatic hydroxyl groups is 2. The Kier molecular flexibility index (Phi) is 5.15. The molecule has 2 rings (SSSR count). The first-order chi connectivity index (χ1) is 8.24. The number of hydrogen-bond acceptors (Lipinski definition) is 6. The summed E-state index contributed by atoms with van der Waals surface area (Å²) in [6.45, 7) is 1.36. The van der Waals surface area contributed by atoms with E-state index in [-0.39, 0.29) is 12.6 Å². The number of hydrogen-bond donors (Lipinski definition) is 2. The summed E-state index contributed by atoms with van der Waals surface area (Å²) < 4.78 is 21.2.